The van der Waals surface area contributed by atoms with Crippen molar-refractivity contribution in [2.75, 3.05) is 13.2 Å². The minimum absolute atomic E-state index is 0.223. The van der Waals surface area contributed by atoms with E-state index in [1.165, 1.54) is 6.07 Å². The van der Waals surface area contributed by atoms with Crippen molar-refractivity contribution in [3.8, 4) is 0 Å². The molecular formula is C13H16FN3O. The Kier molecular flexibility index (Phi) is 3.01. The fourth-order valence-corrected chi connectivity index (χ4v) is 2.20. The van der Waals surface area contributed by atoms with E-state index in [-0.39, 0.29) is 5.82 Å². The molecule has 1 aliphatic rings. The van der Waals surface area contributed by atoms with Crippen LogP contribution in [0.4, 0.5) is 4.39 Å². The summed E-state index contributed by atoms with van der Waals surface area (Å²) < 4.78 is 20.9. The van der Waals surface area contributed by atoms with Crippen LogP contribution in [0.1, 0.15) is 24.7 Å². The topological polar surface area (TPSA) is 53.1 Å². The molecule has 1 heterocycles. The molecule has 0 unspecified atom stereocenters. The van der Waals surface area contributed by atoms with Gasteiger partial charge in [0.15, 0.2) is 0 Å². The Morgan fingerprint density at radius 3 is 3.00 bits per heavy atom. The lowest BCUT2D eigenvalue weighted by Crippen LogP contribution is -2.10. The van der Waals surface area contributed by atoms with Crippen molar-refractivity contribution in [3.05, 3.63) is 29.8 Å². The summed E-state index contributed by atoms with van der Waals surface area (Å²) in [5, 5.41) is 0. The molecule has 1 saturated carbocycles. The van der Waals surface area contributed by atoms with Crippen LogP contribution >= 0.6 is 0 Å². The van der Waals surface area contributed by atoms with Crippen molar-refractivity contribution >= 4 is 11.0 Å². The zero-order valence-electron chi connectivity index (χ0n) is 10.1. The number of benzene rings is 1. The average Bonchev–Trinajstić information content (AvgIpc) is 3.12. The molecule has 2 N–H and O–H groups in total. The standard InChI is InChI=1S/C13H16FN3O/c14-9-1-4-11-12(7-9)17(10-2-3-10)13(16-11)8-18-6-5-15/h1,4,7,10H,2-3,5-6,8,15H2. The second-order valence-electron chi connectivity index (χ2n) is 4.60. The van der Waals surface area contributed by atoms with Gasteiger partial charge in [-0.25, -0.2) is 9.37 Å². The number of fused-ring (bicyclic) bond motifs is 1. The van der Waals surface area contributed by atoms with Crippen LogP contribution in [0.3, 0.4) is 0 Å². The zero-order chi connectivity index (χ0) is 12.5. The van der Waals surface area contributed by atoms with Gasteiger partial charge in [-0.2, -0.15) is 0 Å². The molecule has 0 aliphatic heterocycles. The summed E-state index contributed by atoms with van der Waals surface area (Å²) in [7, 11) is 0. The summed E-state index contributed by atoms with van der Waals surface area (Å²) in [5.41, 5.74) is 7.09. The first-order chi connectivity index (χ1) is 8.79. The van der Waals surface area contributed by atoms with Crippen molar-refractivity contribution in [1.82, 2.24) is 9.55 Å². The van der Waals surface area contributed by atoms with Gasteiger partial charge in [-0.15, -0.1) is 0 Å². The minimum Gasteiger partial charge on any atom is -0.372 e. The van der Waals surface area contributed by atoms with Gasteiger partial charge in [0.05, 0.1) is 17.6 Å². The fraction of sp³-hybridized carbons (Fsp3) is 0.462. The molecule has 1 aromatic heterocycles. The highest BCUT2D eigenvalue weighted by Gasteiger charge is 2.28. The molecule has 0 spiro atoms. The van der Waals surface area contributed by atoms with E-state index in [9.17, 15) is 4.39 Å². The van der Waals surface area contributed by atoms with Crippen LogP contribution in [-0.4, -0.2) is 22.7 Å². The number of ether oxygens (including phenoxy) is 1. The normalized spacial score (nSPS) is 15.4. The molecule has 0 bridgehead atoms. The smallest absolute Gasteiger partial charge is 0.136 e. The Balaban J connectivity index is 1.98. The predicted octanol–water partition coefficient (Wildman–Crippen LogP) is 1.99. The number of imidazole rings is 1. The maximum absolute atomic E-state index is 13.3. The van der Waals surface area contributed by atoms with Gasteiger partial charge >= 0.3 is 0 Å². The number of nitrogens with zero attached hydrogens (tertiary/aromatic N) is 2. The van der Waals surface area contributed by atoms with E-state index in [1.807, 2.05) is 0 Å². The summed E-state index contributed by atoms with van der Waals surface area (Å²) in [6, 6.07) is 5.16. The van der Waals surface area contributed by atoms with Gasteiger partial charge in [0.2, 0.25) is 0 Å². The van der Waals surface area contributed by atoms with Crippen molar-refractivity contribution in [2.24, 2.45) is 5.73 Å². The highest BCUT2D eigenvalue weighted by Crippen LogP contribution is 2.38. The number of aromatic nitrogens is 2. The third kappa shape index (κ3) is 2.11. The molecule has 3 rings (SSSR count). The van der Waals surface area contributed by atoms with Gasteiger partial charge < -0.3 is 15.0 Å². The summed E-state index contributed by atoms with van der Waals surface area (Å²) in [6.07, 6.45) is 2.26. The molecule has 18 heavy (non-hydrogen) atoms. The third-order valence-corrected chi connectivity index (χ3v) is 3.13. The lowest BCUT2D eigenvalue weighted by atomic mass is 10.3. The Morgan fingerprint density at radius 1 is 1.44 bits per heavy atom. The van der Waals surface area contributed by atoms with Gasteiger partial charge in [0, 0.05) is 12.6 Å². The van der Waals surface area contributed by atoms with Crippen LogP contribution in [-0.2, 0) is 11.3 Å². The minimum atomic E-state index is -0.223. The number of hydrogen-bond acceptors (Lipinski definition) is 3. The van der Waals surface area contributed by atoms with Crippen LogP contribution in [0.25, 0.3) is 11.0 Å². The maximum Gasteiger partial charge on any atom is 0.136 e. The third-order valence-electron chi connectivity index (χ3n) is 3.13. The van der Waals surface area contributed by atoms with Gasteiger partial charge in [0.1, 0.15) is 18.2 Å². The molecule has 5 heteroatoms. The first-order valence-electron chi connectivity index (χ1n) is 6.24. The van der Waals surface area contributed by atoms with Gasteiger partial charge in [-0.05, 0) is 31.0 Å². The SMILES string of the molecule is NCCOCc1nc2ccc(F)cc2n1C1CC1. The van der Waals surface area contributed by atoms with Gasteiger partial charge in [0.25, 0.3) is 0 Å². The largest absolute Gasteiger partial charge is 0.372 e. The van der Waals surface area contributed by atoms with E-state index in [0.717, 1.165) is 29.7 Å². The Hall–Kier alpha value is -1.46. The Morgan fingerprint density at radius 2 is 2.28 bits per heavy atom. The van der Waals surface area contributed by atoms with Crippen LogP contribution in [0.2, 0.25) is 0 Å². The summed E-state index contributed by atoms with van der Waals surface area (Å²) in [4.78, 5) is 4.52. The molecule has 0 atom stereocenters. The molecule has 1 aliphatic carbocycles. The number of nitrogens with two attached hydrogens (primary N) is 1. The van der Waals surface area contributed by atoms with Gasteiger partial charge in [-0.1, -0.05) is 0 Å². The van der Waals surface area contributed by atoms with E-state index in [4.69, 9.17) is 10.5 Å². The summed E-state index contributed by atoms with van der Waals surface area (Å²) in [6.45, 7) is 1.45. The van der Waals surface area contributed by atoms with Crippen molar-refractivity contribution in [2.45, 2.75) is 25.5 Å². The Labute approximate surface area is 105 Å². The second kappa shape index (κ2) is 4.66. The first kappa shape index (κ1) is 11.6. The molecule has 96 valence electrons. The maximum atomic E-state index is 13.3. The molecule has 4 nitrogen and oxygen atoms in total. The zero-order valence-corrected chi connectivity index (χ0v) is 10.1. The van der Waals surface area contributed by atoms with Crippen molar-refractivity contribution in [1.29, 1.82) is 0 Å². The highest BCUT2D eigenvalue weighted by atomic mass is 19.1. The molecule has 2 aromatic rings. The van der Waals surface area contributed by atoms with E-state index in [1.54, 1.807) is 12.1 Å². The lowest BCUT2D eigenvalue weighted by Gasteiger charge is -2.07. The number of rotatable bonds is 5. The van der Waals surface area contributed by atoms with E-state index < -0.39 is 0 Å². The highest BCUT2D eigenvalue weighted by molar-refractivity contribution is 5.76. The van der Waals surface area contributed by atoms with Crippen LogP contribution in [0.15, 0.2) is 18.2 Å². The average molecular weight is 249 g/mol. The second-order valence-corrected chi connectivity index (χ2v) is 4.60. The fourth-order valence-electron chi connectivity index (χ4n) is 2.20. The van der Waals surface area contributed by atoms with Gasteiger partial charge in [-0.3, -0.25) is 0 Å². The monoisotopic (exact) mass is 249 g/mol. The Bertz CT molecular complexity index is 563. The van der Waals surface area contributed by atoms with Crippen molar-refractivity contribution in [3.63, 3.8) is 0 Å². The van der Waals surface area contributed by atoms with E-state index in [0.29, 0.717) is 25.8 Å². The first-order valence-corrected chi connectivity index (χ1v) is 6.24. The van der Waals surface area contributed by atoms with E-state index in [2.05, 4.69) is 9.55 Å². The van der Waals surface area contributed by atoms with Crippen LogP contribution in [0, 0.1) is 5.82 Å². The lowest BCUT2D eigenvalue weighted by molar-refractivity contribution is 0.120. The molecule has 0 radical (unpaired) electrons. The number of halogens is 1. The predicted molar refractivity (Wildman–Crippen MR) is 66.7 cm³/mol. The van der Waals surface area contributed by atoms with Crippen LogP contribution < -0.4 is 5.73 Å². The quantitative estimate of drug-likeness (QED) is 0.824. The number of hydrogen-bond donors (Lipinski definition) is 1. The molecule has 1 fully saturated rings. The van der Waals surface area contributed by atoms with Crippen molar-refractivity contribution < 1.29 is 9.13 Å². The molecule has 0 saturated heterocycles. The molecule has 0 amide bonds. The summed E-state index contributed by atoms with van der Waals surface area (Å²) >= 11 is 0. The molecular weight excluding hydrogens is 233 g/mol. The molecule has 1 aromatic carbocycles. The van der Waals surface area contributed by atoms with Crippen LogP contribution in [0.5, 0.6) is 0 Å². The summed E-state index contributed by atoms with van der Waals surface area (Å²) in [5.74, 6) is 0.644. The van der Waals surface area contributed by atoms with E-state index >= 15 is 0 Å².